The third kappa shape index (κ3) is 6.34. The van der Waals surface area contributed by atoms with Crippen LogP contribution >= 0.6 is 15.9 Å². The molecular formula is C20H26BrNO3. The Morgan fingerprint density at radius 1 is 1.16 bits per heavy atom. The number of aliphatic hydroxyl groups excluding tert-OH is 1. The molecule has 0 radical (unpaired) electrons. The van der Waals surface area contributed by atoms with Gasteiger partial charge in [-0.25, -0.2) is 0 Å². The predicted octanol–water partition coefficient (Wildman–Crippen LogP) is 4.21. The highest BCUT2D eigenvalue weighted by atomic mass is 79.9. The molecule has 0 aliphatic heterocycles. The van der Waals surface area contributed by atoms with Gasteiger partial charge in [-0.1, -0.05) is 29.8 Å². The molecule has 0 saturated carbocycles. The van der Waals surface area contributed by atoms with E-state index in [2.05, 4.69) is 46.4 Å². The van der Waals surface area contributed by atoms with Gasteiger partial charge in [0.25, 0.3) is 0 Å². The molecule has 0 bridgehead atoms. The summed E-state index contributed by atoms with van der Waals surface area (Å²) in [4.78, 5) is 0. The fourth-order valence-electron chi connectivity index (χ4n) is 2.51. The Hall–Kier alpha value is -1.56. The van der Waals surface area contributed by atoms with Gasteiger partial charge in [-0.15, -0.1) is 0 Å². The molecule has 0 aliphatic rings. The minimum Gasteiger partial charge on any atom is -0.490 e. The van der Waals surface area contributed by atoms with Gasteiger partial charge < -0.3 is 19.9 Å². The van der Waals surface area contributed by atoms with Crippen molar-refractivity contribution in [2.24, 2.45) is 0 Å². The van der Waals surface area contributed by atoms with Crippen LogP contribution in [0.25, 0.3) is 0 Å². The number of hydrogen-bond donors (Lipinski definition) is 2. The molecule has 0 fully saturated rings. The van der Waals surface area contributed by atoms with Crippen molar-refractivity contribution < 1.29 is 14.6 Å². The third-order valence-electron chi connectivity index (χ3n) is 3.60. The lowest BCUT2D eigenvalue weighted by Gasteiger charge is -2.16. The van der Waals surface area contributed by atoms with Crippen LogP contribution in [0.1, 0.15) is 30.5 Å². The van der Waals surface area contributed by atoms with E-state index in [1.807, 2.05) is 25.1 Å². The lowest BCUT2D eigenvalue weighted by molar-refractivity contribution is 0.191. The molecule has 25 heavy (non-hydrogen) atoms. The average molecular weight is 408 g/mol. The monoisotopic (exact) mass is 407 g/mol. The maximum atomic E-state index is 9.35. The van der Waals surface area contributed by atoms with Crippen molar-refractivity contribution in [1.82, 2.24) is 5.32 Å². The van der Waals surface area contributed by atoms with Gasteiger partial charge in [0.2, 0.25) is 0 Å². The van der Waals surface area contributed by atoms with Gasteiger partial charge in [-0.05, 0) is 60.0 Å². The van der Waals surface area contributed by atoms with Crippen LogP contribution in [0.2, 0.25) is 0 Å². The number of aryl methyl sites for hydroxylation is 1. The Kier molecular flexibility index (Phi) is 7.75. The molecule has 2 aromatic rings. The molecule has 0 heterocycles. The molecule has 0 unspecified atom stereocenters. The van der Waals surface area contributed by atoms with E-state index in [-0.39, 0.29) is 6.10 Å². The van der Waals surface area contributed by atoms with E-state index in [9.17, 15) is 5.11 Å². The highest BCUT2D eigenvalue weighted by molar-refractivity contribution is 9.10. The van der Waals surface area contributed by atoms with E-state index in [4.69, 9.17) is 9.47 Å². The molecule has 4 nitrogen and oxygen atoms in total. The van der Waals surface area contributed by atoms with Crippen LogP contribution in [-0.4, -0.2) is 24.4 Å². The molecular weight excluding hydrogens is 382 g/mol. The first-order chi connectivity index (χ1) is 12.0. The molecule has 0 saturated heterocycles. The van der Waals surface area contributed by atoms with Gasteiger partial charge in [0.15, 0.2) is 11.5 Å². The normalized spacial score (nSPS) is 12.0. The molecule has 2 N–H and O–H groups in total. The lowest BCUT2D eigenvalue weighted by atomic mass is 10.1. The van der Waals surface area contributed by atoms with Crippen molar-refractivity contribution in [3.8, 4) is 11.5 Å². The number of ether oxygens (including phenoxy) is 2. The van der Waals surface area contributed by atoms with Crippen LogP contribution in [0, 0.1) is 6.92 Å². The maximum absolute atomic E-state index is 9.35. The fraction of sp³-hybridized carbons (Fsp3) is 0.400. The molecule has 0 amide bonds. The first-order valence-electron chi connectivity index (χ1n) is 8.52. The summed E-state index contributed by atoms with van der Waals surface area (Å²) in [5.74, 6) is 1.43. The van der Waals surface area contributed by atoms with Gasteiger partial charge in [-0.2, -0.15) is 0 Å². The second kappa shape index (κ2) is 9.80. The van der Waals surface area contributed by atoms with Crippen LogP contribution in [-0.2, 0) is 13.2 Å². The van der Waals surface area contributed by atoms with Crippen LogP contribution in [0.3, 0.4) is 0 Å². The zero-order valence-electron chi connectivity index (χ0n) is 15.0. The first kappa shape index (κ1) is 19.8. The smallest absolute Gasteiger partial charge is 0.175 e. The highest BCUT2D eigenvalue weighted by Crippen LogP contribution is 2.37. The number of benzene rings is 2. The van der Waals surface area contributed by atoms with Crippen LogP contribution < -0.4 is 14.8 Å². The molecule has 136 valence electrons. The predicted molar refractivity (Wildman–Crippen MR) is 104 cm³/mol. The van der Waals surface area contributed by atoms with Gasteiger partial charge >= 0.3 is 0 Å². The Morgan fingerprint density at radius 2 is 1.96 bits per heavy atom. The quantitative estimate of drug-likeness (QED) is 0.653. The SMILES string of the molecule is CCOc1cc(CNC[C@@H](C)O)cc(Br)c1OCc1cccc(C)c1. The number of halogens is 1. The van der Waals surface area contributed by atoms with Crippen molar-refractivity contribution in [3.63, 3.8) is 0 Å². The number of hydrogen-bond acceptors (Lipinski definition) is 4. The van der Waals surface area contributed by atoms with Crippen molar-refractivity contribution in [1.29, 1.82) is 0 Å². The van der Waals surface area contributed by atoms with E-state index in [0.717, 1.165) is 21.3 Å². The second-order valence-corrected chi connectivity index (χ2v) is 6.95. The van der Waals surface area contributed by atoms with Crippen molar-refractivity contribution in [3.05, 3.63) is 57.6 Å². The zero-order valence-corrected chi connectivity index (χ0v) is 16.6. The minimum atomic E-state index is -0.369. The summed E-state index contributed by atoms with van der Waals surface area (Å²) in [5.41, 5.74) is 3.40. The Balaban J connectivity index is 2.12. The topological polar surface area (TPSA) is 50.7 Å². The second-order valence-electron chi connectivity index (χ2n) is 6.10. The summed E-state index contributed by atoms with van der Waals surface area (Å²) < 4.78 is 12.7. The largest absolute Gasteiger partial charge is 0.490 e. The highest BCUT2D eigenvalue weighted by Gasteiger charge is 2.13. The molecule has 0 aliphatic carbocycles. The van der Waals surface area contributed by atoms with Gasteiger partial charge in [-0.3, -0.25) is 0 Å². The van der Waals surface area contributed by atoms with Crippen molar-refractivity contribution >= 4 is 15.9 Å². The molecule has 0 aromatic heterocycles. The Labute approximate surface area is 158 Å². The summed E-state index contributed by atoms with van der Waals surface area (Å²) in [6, 6.07) is 12.3. The number of aliphatic hydroxyl groups is 1. The Bertz CT molecular complexity index is 689. The van der Waals surface area contributed by atoms with Crippen molar-refractivity contribution in [2.75, 3.05) is 13.2 Å². The van der Waals surface area contributed by atoms with E-state index in [1.54, 1.807) is 6.92 Å². The van der Waals surface area contributed by atoms with Gasteiger partial charge in [0.05, 0.1) is 17.2 Å². The zero-order chi connectivity index (χ0) is 18.2. The number of nitrogens with one attached hydrogen (secondary N) is 1. The average Bonchev–Trinajstić information content (AvgIpc) is 2.54. The minimum absolute atomic E-state index is 0.369. The molecule has 2 rings (SSSR count). The fourth-order valence-corrected chi connectivity index (χ4v) is 3.11. The van der Waals surface area contributed by atoms with Gasteiger partial charge in [0.1, 0.15) is 6.61 Å². The summed E-state index contributed by atoms with van der Waals surface area (Å²) in [6.07, 6.45) is -0.369. The summed E-state index contributed by atoms with van der Waals surface area (Å²) >= 11 is 3.59. The maximum Gasteiger partial charge on any atom is 0.175 e. The van der Waals surface area contributed by atoms with E-state index in [0.29, 0.717) is 32.1 Å². The summed E-state index contributed by atoms with van der Waals surface area (Å²) in [7, 11) is 0. The van der Waals surface area contributed by atoms with Gasteiger partial charge in [0, 0.05) is 13.1 Å². The van der Waals surface area contributed by atoms with Crippen LogP contribution in [0.5, 0.6) is 11.5 Å². The lowest BCUT2D eigenvalue weighted by Crippen LogP contribution is -2.23. The molecule has 1 atom stereocenters. The van der Waals surface area contributed by atoms with Crippen LogP contribution in [0.4, 0.5) is 0 Å². The van der Waals surface area contributed by atoms with E-state index in [1.165, 1.54) is 5.56 Å². The van der Waals surface area contributed by atoms with Crippen molar-refractivity contribution in [2.45, 2.75) is 40.0 Å². The van der Waals surface area contributed by atoms with Crippen LogP contribution in [0.15, 0.2) is 40.9 Å². The molecule has 5 heteroatoms. The molecule has 0 spiro atoms. The van der Waals surface area contributed by atoms with E-state index >= 15 is 0 Å². The summed E-state index contributed by atoms with van der Waals surface area (Å²) in [6.45, 7) is 8.04. The third-order valence-corrected chi connectivity index (χ3v) is 4.19. The Morgan fingerprint density at radius 3 is 2.64 bits per heavy atom. The first-order valence-corrected chi connectivity index (χ1v) is 9.31. The molecule has 2 aromatic carbocycles. The standard InChI is InChI=1S/C20H26BrNO3/c1-4-24-19-10-17(12-22-11-15(3)23)9-18(21)20(19)25-13-16-7-5-6-14(2)8-16/h5-10,15,22-23H,4,11-13H2,1-3H3/t15-/m1/s1. The number of rotatable bonds is 9. The van der Waals surface area contributed by atoms with E-state index < -0.39 is 0 Å². The summed E-state index contributed by atoms with van der Waals surface area (Å²) in [5, 5.41) is 12.6.